The third-order valence-electron chi connectivity index (χ3n) is 1.90. The minimum atomic E-state index is -2.80. The van der Waals surface area contributed by atoms with E-state index in [0.29, 0.717) is 0 Å². The lowest BCUT2D eigenvalue weighted by molar-refractivity contribution is 0.0691. The molecule has 17 heavy (non-hydrogen) atoms. The Balaban J connectivity index is 2.50. The number of nitrogens with one attached hydrogen (secondary N) is 1. The summed E-state index contributed by atoms with van der Waals surface area (Å²) in [5.74, 6) is -1.25. The molecule has 0 aliphatic carbocycles. The molecule has 5 nitrogen and oxygen atoms in total. The normalized spacial score (nSPS) is 11.1. The molecule has 0 radical (unpaired) electrons. The number of rotatable bonds is 3. The molecule has 2 N–H and O–H groups in total. The average molecular weight is 280 g/mol. The van der Waals surface area contributed by atoms with Gasteiger partial charge in [-0.1, -0.05) is 11.6 Å². The number of thiazole rings is 1. The smallest absolute Gasteiger partial charge is 0.354 e. The first kappa shape index (κ1) is 11.9. The largest absolute Gasteiger partial charge is 0.477 e. The van der Waals surface area contributed by atoms with Gasteiger partial charge in [-0.25, -0.2) is 18.6 Å². The number of carbonyl (C=O) groups is 1. The van der Waals surface area contributed by atoms with Gasteiger partial charge in [-0.15, -0.1) is 11.3 Å². The van der Waals surface area contributed by atoms with Crippen molar-refractivity contribution in [2.45, 2.75) is 6.43 Å². The molecular weight excluding hydrogens is 276 g/mol. The van der Waals surface area contributed by atoms with E-state index in [2.05, 4.69) is 15.2 Å². The Hall–Kier alpha value is -1.54. The van der Waals surface area contributed by atoms with Crippen molar-refractivity contribution in [2.24, 2.45) is 0 Å². The van der Waals surface area contributed by atoms with E-state index in [1.807, 2.05) is 0 Å². The molecule has 0 atom stereocenters. The first-order chi connectivity index (χ1) is 8.00. The van der Waals surface area contributed by atoms with Gasteiger partial charge in [-0.05, 0) is 0 Å². The summed E-state index contributed by atoms with van der Waals surface area (Å²) in [6.07, 6.45) is -1.60. The maximum atomic E-state index is 12.5. The summed E-state index contributed by atoms with van der Waals surface area (Å²) in [7, 11) is 0. The number of aromatic nitrogens is 3. The third kappa shape index (κ3) is 2.13. The number of halogens is 3. The number of hydrogen-bond acceptors (Lipinski definition) is 4. The third-order valence-corrected chi connectivity index (χ3v) is 3.22. The molecule has 0 aliphatic rings. The molecule has 90 valence electrons. The number of hydrogen-bond donors (Lipinski definition) is 2. The van der Waals surface area contributed by atoms with Crippen molar-refractivity contribution in [1.29, 1.82) is 0 Å². The minimum absolute atomic E-state index is 0.0939. The van der Waals surface area contributed by atoms with Crippen LogP contribution in [0, 0.1) is 0 Å². The fourth-order valence-electron chi connectivity index (χ4n) is 1.17. The van der Waals surface area contributed by atoms with Crippen molar-refractivity contribution >= 4 is 28.9 Å². The van der Waals surface area contributed by atoms with Crippen molar-refractivity contribution in [3.8, 4) is 10.6 Å². The second-order valence-corrected chi connectivity index (χ2v) is 4.54. The van der Waals surface area contributed by atoms with E-state index < -0.39 is 18.1 Å². The highest BCUT2D eigenvalue weighted by Gasteiger charge is 2.22. The molecule has 0 spiro atoms. The lowest BCUT2D eigenvalue weighted by Crippen LogP contribution is -1.98. The maximum absolute atomic E-state index is 12.5. The molecule has 0 saturated heterocycles. The molecule has 2 heterocycles. The molecule has 9 heteroatoms. The number of alkyl halides is 2. The van der Waals surface area contributed by atoms with E-state index in [0.717, 1.165) is 11.3 Å². The number of nitrogens with zero attached hydrogens (tertiary/aromatic N) is 2. The summed E-state index contributed by atoms with van der Waals surface area (Å²) in [6, 6.07) is 0. The summed E-state index contributed by atoms with van der Waals surface area (Å²) in [4.78, 5) is 14.4. The molecular formula is C8H4ClF2N3O2S. The summed E-state index contributed by atoms with van der Waals surface area (Å²) >= 11 is 6.37. The number of aromatic amines is 1. The predicted octanol–water partition coefficient (Wildman–Crippen LogP) is 2.82. The summed E-state index contributed by atoms with van der Waals surface area (Å²) < 4.78 is 24.8. The topological polar surface area (TPSA) is 78.9 Å². The highest BCUT2D eigenvalue weighted by Crippen LogP contribution is 2.36. The van der Waals surface area contributed by atoms with Gasteiger partial charge in [-0.3, -0.25) is 5.10 Å². The minimum Gasteiger partial charge on any atom is -0.477 e. The lowest BCUT2D eigenvalue weighted by Gasteiger charge is -1.93. The van der Waals surface area contributed by atoms with Crippen LogP contribution in [-0.2, 0) is 0 Å². The van der Waals surface area contributed by atoms with Gasteiger partial charge in [0.1, 0.15) is 15.0 Å². The SMILES string of the molecule is O=C(O)c1[nH]ncc1-c1nc(C(F)F)c(Cl)s1. The molecule has 0 unspecified atom stereocenters. The monoisotopic (exact) mass is 279 g/mol. The zero-order valence-corrected chi connectivity index (χ0v) is 9.52. The predicted molar refractivity (Wildman–Crippen MR) is 56.6 cm³/mol. The number of H-pyrrole nitrogens is 1. The molecule has 2 aromatic rings. The van der Waals surface area contributed by atoms with Gasteiger partial charge < -0.3 is 5.11 Å². The van der Waals surface area contributed by atoms with Crippen LogP contribution in [-0.4, -0.2) is 26.3 Å². The fourth-order valence-corrected chi connectivity index (χ4v) is 2.34. The summed E-state index contributed by atoms with van der Waals surface area (Å²) in [6.45, 7) is 0. The maximum Gasteiger partial charge on any atom is 0.354 e. The number of carboxylic acid groups (broad SMARTS) is 1. The second-order valence-electron chi connectivity index (χ2n) is 2.94. The fraction of sp³-hybridized carbons (Fsp3) is 0.125. The summed E-state index contributed by atoms with van der Waals surface area (Å²) in [5, 5.41) is 14.7. The van der Waals surface area contributed by atoms with Gasteiger partial charge in [0.2, 0.25) is 0 Å². The van der Waals surface area contributed by atoms with Crippen LogP contribution in [0.25, 0.3) is 10.6 Å². The van der Waals surface area contributed by atoms with Crippen LogP contribution >= 0.6 is 22.9 Å². The lowest BCUT2D eigenvalue weighted by atomic mass is 10.2. The van der Waals surface area contributed by atoms with Crippen molar-refractivity contribution in [1.82, 2.24) is 15.2 Å². The van der Waals surface area contributed by atoms with Crippen LogP contribution in [0.4, 0.5) is 8.78 Å². The Bertz CT molecular complexity index is 569. The Morgan fingerprint density at radius 1 is 1.59 bits per heavy atom. The molecule has 0 saturated carbocycles. The van der Waals surface area contributed by atoms with Crippen LogP contribution in [0.5, 0.6) is 0 Å². The van der Waals surface area contributed by atoms with Crippen molar-refractivity contribution < 1.29 is 18.7 Å². The van der Waals surface area contributed by atoms with E-state index in [1.54, 1.807) is 0 Å². The van der Waals surface area contributed by atoms with Crippen LogP contribution in [0.1, 0.15) is 22.6 Å². The Morgan fingerprint density at radius 3 is 2.82 bits per heavy atom. The van der Waals surface area contributed by atoms with Crippen LogP contribution in [0.3, 0.4) is 0 Å². The number of carboxylic acids is 1. The van der Waals surface area contributed by atoms with Crippen molar-refractivity contribution in [3.05, 3.63) is 21.9 Å². The molecule has 2 aromatic heterocycles. The van der Waals surface area contributed by atoms with E-state index in [9.17, 15) is 13.6 Å². The van der Waals surface area contributed by atoms with E-state index >= 15 is 0 Å². The van der Waals surface area contributed by atoms with Crippen molar-refractivity contribution in [3.63, 3.8) is 0 Å². The zero-order chi connectivity index (χ0) is 12.6. The van der Waals surface area contributed by atoms with Crippen LogP contribution in [0.15, 0.2) is 6.20 Å². The first-order valence-corrected chi connectivity index (χ1v) is 5.41. The van der Waals surface area contributed by atoms with Crippen LogP contribution in [0.2, 0.25) is 4.34 Å². The van der Waals surface area contributed by atoms with E-state index in [1.165, 1.54) is 6.20 Å². The Labute approximate surface area is 102 Å². The molecule has 2 rings (SSSR count). The molecule has 0 aliphatic heterocycles. The van der Waals surface area contributed by atoms with Gasteiger partial charge in [0.25, 0.3) is 6.43 Å². The van der Waals surface area contributed by atoms with Crippen molar-refractivity contribution in [2.75, 3.05) is 0 Å². The van der Waals surface area contributed by atoms with Gasteiger partial charge in [-0.2, -0.15) is 5.10 Å². The quantitative estimate of drug-likeness (QED) is 0.905. The second kappa shape index (κ2) is 4.38. The van der Waals surface area contributed by atoms with Gasteiger partial charge in [0, 0.05) is 0 Å². The number of aromatic carboxylic acids is 1. The van der Waals surface area contributed by atoms with E-state index in [-0.39, 0.29) is 20.6 Å². The summed E-state index contributed by atoms with van der Waals surface area (Å²) in [5.41, 5.74) is -0.628. The van der Waals surface area contributed by atoms with E-state index in [4.69, 9.17) is 16.7 Å². The Morgan fingerprint density at radius 2 is 2.29 bits per heavy atom. The molecule has 0 amide bonds. The standard InChI is InChI=1S/C8H4ClF2N3O2S/c9-5-4(6(10)11)13-7(17-5)2-1-12-14-3(2)8(15)16/h1,6H,(H,12,14)(H,15,16). The average Bonchev–Trinajstić information content (AvgIpc) is 2.82. The van der Waals surface area contributed by atoms with Gasteiger partial charge in [0.05, 0.1) is 11.8 Å². The molecule has 0 aromatic carbocycles. The molecule has 0 bridgehead atoms. The van der Waals surface area contributed by atoms with Gasteiger partial charge in [0.15, 0.2) is 5.69 Å². The highest BCUT2D eigenvalue weighted by atomic mass is 35.5. The van der Waals surface area contributed by atoms with Crippen LogP contribution < -0.4 is 0 Å². The first-order valence-electron chi connectivity index (χ1n) is 4.22. The van der Waals surface area contributed by atoms with Gasteiger partial charge >= 0.3 is 5.97 Å². The Kier molecular flexibility index (Phi) is 3.07. The highest BCUT2D eigenvalue weighted by molar-refractivity contribution is 7.19. The zero-order valence-electron chi connectivity index (χ0n) is 7.95. The molecule has 0 fully saturated rings.